The number of carbonyl (C=O) groups is 19. The quantitative estimate of drug-likeness (QED) is 0.0153. The number of thioether (sulfide) groups is 1. The van der Waals surface area contributed by atoms with Crippen LogP contribution in [0.1, 0.15) is 117 Å². The maximum absolute atomic E-state index is 14.4. The van der Waals surface area contributed by atoms with Crippen LogP contribution < -0.4 is 92.1 Å². The maximum Gasteiger partial charge on any atom is 0.469 e. The number of nitrogens with zero attached hydrogens (tertiary/aromatic N) is 2. The van der Waals surface area contributed by atoms with Crippen molar-refractivity contribution in [2.75, 3.05) is 45.1 Å². The molecule has 592 valence electrons. The molecule has 106 heavy (non-hydrogen) atoms. The molecule has 26 N–H and O–H groups in total. The maximum atomic E-state index is 14.4. The number of primary amides is 4. The van der Waals surface area contributed by atoms with Gasteiger partial charge in [-0.25, -0.2) is 9.36 Å². The summed E-state index contributed by atoms with van der Waals surface area (Å²) in [6, 6.07) is -18.4. The Balaban J connectivity index is 1.44. The number of carbonyl (C=O) groups excluding carboxylic acids is 18. The predicted octanol–water partition coefficient (Wildman–Crippen LogP) is -11.4. The topological polar surface area (TPSA) is 719 Å². The first kappa shape index (κ1) is 88.5. The molecule has 4 aliphatic heterocycles. The summed E-state index contributed by atoms with van der Waals surface area (Å²) in [6.07, 6.45) is -6.62. The molecule has 4 rings (SSSR count). The summed E-state index contributed by atoms with van der Waals surface area (Å²) in [5.74, 6) is -19.2. The van der Waals surface area contributed by atoms with Crippen LogP contribution in [0.3, 0.4) is 0 Å². The molecular weight excluding hydrogens is 1450 g/mol. The van der Waals surface area contributed by atoms with E-state index in [1.807, 2.05) is 0 Å². The summed E-state index contributed by atoms with van der Waals surface area (Å²) in [5.41, 5.74) is 21.1. The highest BCUT2D eigenvalue weighted by atomic mass is 32.2. The van der Waals surface area contributed by atoms with E-state index in [0.29, 0.717) is 12.8 Å². The van der Waals surface area contributed by atoms with Gasteiger partial charge in [0.2, 0.25) is 100 Å². The number of likely N-dealkylation sites (tertiary alicyclic amines) is 2. The zero-order chi connectivity index (χ0) is 79.4. The second-order valence-electron chi connectivity index (χ2n) is 25.4. The van der Waals surface area contributed by atoms with Gasteiger partial charge in [-0.05, 0) is 78.6 Å². The first-order chi connectivity index (χ1) is 49.7. The molecule has 0 spiro atoms. The molecule has 4 fully saturated rings. The Hall–Kier alpha value is -9.89. The van der Waals surface area contributed by atoms with E-state index < -0.39 is 258 Å². The lowest BCUT2D eigenvalue weighted by Gasteiger charge is -2.31. The van der Waals surface area contributed by atoms with Crippen molar-refractivity contribution < 1.29 is 125 Å². The fraction of sp³-hybridized carbons (Fsp3) is 0.678. The normalized spacial score (nSPS) is 20.1. The highest BCUT2D eigenvalue weighted by molar-refractivity contribution is 8.00. The van der Waals surface area contributed by atoms with E-state index in [0.717, 1.165) is 42.7 Å². The molecular formula is C59H94N19O26PS. The van der Waals surface area contributed by atoms with Crippen LogP contribution in [-0.4, -0.2) is 282 Å². The van der Waals surface area contributed by atoms with Crippen LogP contribution in [-0.2, 0) is 95.4 Å². The van der Waals surface area contributed by atoms with Gasteiger partial charge >= 0.3 is 19.8 Å². The standard InChI is InChI=1S/C59H94N19O26PS/c1-26(49(90)66-21-41(63)84)67-53(94)32(20-40(62)83)71-51(92)31(14-17-45(88)89)70-55(96)36-9-7-19-78(36)58(99)33(24-104-105(101,102)103)72-56(97)46(27(2)79)75-57(98)47(28(3)80)74-52(93)30(13-16-39(61)82)68-50(91)29(12-15-38(60)81)69-54(95)35-8-6-18-77(35)44(87)23-65-43(86)22-64-42(85)11-5-4-10-37-48-34(25-106-37)73-59(100)76-48/h26-37,46-48,79-80H,4-25H2,1-3H3,(H2,60,81)(H2,61,82)(H2,62,83)(H2,63,84)(H,64,85)(H,65,86)(H,66,90)(H,67,94)(H,68,91)(H,69,95)(H,70,96)(H,71,92)(H,72,97)(H,74,93)(H,75,98)(H,88,89)(H2,73,76,100)(H2,101,102,103)/t26-,27+,28+,29-,30-,31-,32-,33-,34-,35-,36-,37-,46-,47-,48-/m0/s1. The molecule has 0 unspecified atom stereocenters. The Morgan fingerprint density at radius 2 is 1.04 bits per heavy atom. The van der Waals surface area contributed by atoms with Crippen molar-refractivity contribution in [3.8, 4) is 0 Å². The summed E-state index contributed by atoms with van der Waals surface area (Å²) in [5, 5.41) is 61.7. The van der Waals surface area contributed by atoms with Gasteiger partial charge in [-0.1, -0.05) is 6.42 Å². The van der Waals surface area contributed by atoms with E-state index in [2.05, 4.69) is 73.6 Å². The Kier molecular flexibility index (Phi) is 35.3. The summed E-state index contributed by atoms with van der Waals surface area (Å²) in [6.45, 7) is -0.445. The number of unbranched alkanes of at least 4 members (excludes halogenated alkanes) is 1. The number of nitrogens with one attached hydrogen (secondary N) is 13. The highest BCUT2D eigenvalue weighted by Gasteiger charge is 2.45. The van der Waals surface area contributed by atoms with E-state index in [1.54, 1.807) is 11.8 Å². The molecule has 15 atom stereocenters. The molecule has 0 aromatic rings. The minimum atomic E-state index is -5.54. The minimum Gasteiger partial charge on any atom is -0.481 e. The Labute approximate surface area is 609 Å². The molecule has 0 aromatic carbocycles. The molecule has 4 heterocycles. The van der Waals surface area contributed by atoms with Crippen molar-refractivity contribution in [3.05, 3.63) is 0 Å². The van der Waals surface area contributed by atoms with Crippen molar-refractivity contribution in [2.24, 2.45) is 22.9 Å². The number of amides is 19. The smallest absolute Gasteiger partial charge is 0.469 e. The number of nitrogens with two attached hydrogens (primary N) is 4. The number of rotatable bonds is 45. The molecule has 0 aliphatic carbocycles. The van der Waals surface area contributed by atoms with Crippen molar-refractivity contribution in [2.45, 2.75) is 207 Å². The highest BCUT2D eigenvalue weighted by Crippen LogP contribution is 2.36. The van der Waals surface area contributed by atoms with Crippen LogP contribution >= 0.6 is 19.6 Å². The number of urea groups is 1. The lowest BCUT2D eigenvalue weighted by Crippen LogP contribution is -2.63. The third kappa shape index (κ3) is 29.6. The van der Waals surface area contributed by atoms with Crippen LogP contribution in [0.5, 0.6) is 0 Å². The summed E-state index contributed by atoms with van der Waals surface area (Å²) in [4.78, 5) is 268. The largest absolute Gasteiger partial charge is 0.481 e. The first-order valence-electron chi connectivity index (χ1n) is 33.6. The van der Waals surface area contributed by atoms with E-state index in [-0.39, 0.29) is 68.6 Å². The second kappa shape index (κ2) is 42.3. The summed E-state index contributed by atoms with van der Waals surface area (Å²) < 4.78 is 16.5. The molecule has 19 amide bonds. The number of carboxylic acids is 1. The van der Waals surface area contributed by atoms with Gasteiger partial charge in [-0.2, -0.15) is 11.8 Å². The van der Waals surface area contributed by atoms with Crippen molar-refractivity contribution in [3.63, 3.8) is 0 Å². The first-order valence-corrected chi connectivity index (χ1v) is 36.2. The van der Waals surface area contributed by atoms with Crippen LogP contribution in [0.25, 0.3) is 0 Å². The number of phosphoric acid groups is 1. The van der Waals surface area contributed by atoms with Crippen LogP contribution in [0, 0.1) is 0 Å². The van der Waals surface area contributed by atoms with Gasteiger partial charge < -0.3 is 127 Å². The average molecular weight is 1550 g/mol. The lowest BCUT2D eigenvalue weighted by molar-refractivity contribution is -0.144. The number of aliphatic carboxylic acids is 1. The molecule has 4 aliphatic rings. The summed E-state index contributed by atoms with van der Waals surface area (Å²) >= 11 is 1.74. The number of phosphoric ester groups is 1. The Bertz CT molecular complexity index is 3350. The lowest BCUT2D eigenvalue weighted by atomic mass is 10.0. The van der Waals surface area contributed by atoms with Gasteiger partial charge in [-0.3, -0.25) is 90.8 Å². The number of carboxylic acid groups (broad SMARTS) is 1. The monoisotopic (exact) mass is 1550 g/mol. The van der Waals surface area contributed by atoms with Crippen molar-refractivity contribution in [1.82, 2.24) is 78.9 Å². The van der Waals surface area contributed by atoms with E-state index in [4.69, 9.17) is 22.9 Å². The van der Waals surface area contributed by atoms with Gasteiger partial charge in [0.05, 0.1) is 57.0 Å². The molecule has 0 bridgehead atoms. The molecule has 0 radical (unpaired) electrons. The number of aliphatic hydroxyl groups excluding tert-OH is 2. The predicted molar refractivity (Wildman–Crippen MR) is 362 cm³/mol. The molecule has 47 heteroatoms. The van der Waals surface area contributed by atoms with Crippen LogP contribution in [0.2, 0.25) is 0 Å². The Morgan fingerprint density at radius 1 is 0.547 bits per heavy atom. The van der Waals surface area contributed by atoms with Gasteiger partial charge in [0.15, 0.2) is 0 Å². The van der Waals surface area contributed by atoms with Crippen molar-refractivity contribution in [1.29, 1.82) is 0 Å². The third-order valence-corrected chi connectivity index (χ3v) is 19.0. The fourth-order valence-corrected chi connectivity index (χ4v) is 13.4. The summed E-state index contributed by atoms with van der Waals surface area (Å²) in [7, 11) is -5.54. The number of hydrogen-bond acceptors (Lipinski definition) is 24. The van der Waals surface area contributed by atoms with Gasteiger partial charge in [0.1, 0.15) is 60.4 Å². The second-order valence-corrected chi connectivity index (χ2v) is 27.9. The molecule has 0 aromatic heterocycles. The van der Waals surface area contributed by atoms with Crippen LogP contribution in [0.15, 0.2) is 0 Å². The Morgan fingerprint density at radius 3 is 1.58 bits per heavy atom. The SMILES string of the molecule is C[C@H](NC(=O)[C@H](CC(N)=O)NC(=O)[C@H](CCC(=O)O)NC(=O)[C@@H]1CCCN1C(=O)[C@H](COP(=O)(O)O)NC(=O)[C@@H](NC(=O)[C@@H](NC(=O)[C@H](CCC(N)=O)NC(=O)[C@H](CCC(N)=O)NC(=O)[C@@H]1CCCN1C(=O)CNC(=O)CNC(=O)CCCC[C@@H]1SC[C@@H]2NC(=O)N[C@@H]21)[C@@H](C)O)[C@@H](C)O)C(=O)NCC(N)=O. The minimum absolute atomic E-state index is 0.0128. The molecule has 0 saturated carbocycles. The van der Waals surface area contributed by atoms with E-state index >= 15 is 0 Å². The third-order valence-electron chi connectivity index (χ3n) is 17.0. The molecule has 4 saturated heterocycles. The zero-order valence-electron chi connectivity index (χ0n) is 58.1. The number of aliphatic hydroxyl groups is 2. The number of fused-ring (bicyclic) bond motifs is 1. The molecule has 45 nitrogen and oxygen atoms in total. The fourth-order valence-electron chi connectivity index (χ4n) is 11.5. The zero-order valence-corrected chi connectivity index (χ0v) is 59.8. The average Bonchev–Trinajstić information content (AvgIpc) is 1.69. The van der Waals surface area contributed by atoms with Crippen LogP contribution in [0.4, 0.5) is 4.79 Å². The van der Waals surface area contributed by atoms with Gasteiger partial charge in [-0.15, -0.1) is 0 Å². The van der Waals surface area contributed by atoms with Gasteiger partial charge in [0.25, 0.3) is 0 Å². The van der Waals surface area contributed by atoms with E-state index in [1.165, 1.54) is 0 Å². The van der Waals surface area contributed by atoms with E-state index in [9.17, 15) is 121 Å². The number of hydrogen-bond donors (Lipinski definition) is 22. The van der Waals surface area contributed by atoms with Gasteiger partial charge in [0, 0.05) is 49.8 Å². The van der Waals surface area contributed by atoms with Crippen molar-refractivity contribution >= 4 is 132 Å².